The number of hydrogen-bond donors (Lipinski definition) is 3. The number of nitrogens with one attached hydrogen (secondary N) is 2. The summed E-state index contributed by atoms with van der Waals surface area (Å²) in [5.74, 6) is -1.29. The smallest absolute Gasteiger partial charge is 0.249 e. The van der Waals surface area contributed by atoms with Gasteiger partial charge in [-0.25, -0.2) is 0 Å². The summed E-state index contributed by atoms with van der Waals surface area (Å²) in [5.41, 5.74) is 5.85. The average Bonchev–Trinajstić information content (AvgIpc) is 3.39. The van der Waals surface area contributed by atoms with Crippen molar-refractivity contribution < 1.29 is 19.2 Å². The number of hydrogen-bond acceptors (Lipinski definition) is 5. The molecule has 0 spiro atoms. The fourth-order valence-electron chi connectivity index (χ4n) is 5.69. The lowest BCUT2D eigenvalue weighted by molar-refractivity contribution is -0.141. The fourth-order valence-corrected chi connectivity index (χ4v) is 5.69. The molecular formula is C32H51N5O4. The summed E-state index contributed by atoms with van der Waals surface area (Å²) in [6, 6.07) is 7.40. The SMILES string of the molecule is CN[C@H](C(=O)N[C@H](C(=O)N(C)[C@H](/C=C(\C)C(=O)N1CCCC1C(N)=O)C(C)C)C(C)(C)C)C(C)(C)c1ccccc1. The molecule has 0 aliphatic carbocycles. The molecule has 1 unspecified atom stereocenters. The Balaban J connectivity index is 2.33. The molecule has 0 bridgehead atoms. The Labute approximate surface area is 246 Å². The number of primary amides is 1. The Hall–Kier alpha value is -3.20. The van der Waals surface area contributed by atoms with Crippen LogP contribution in [0.15, 0.2) is 42.0 Å². The van der Waals surface area contributed by atoms with Crippen molar-refractivity contribution in [1.29, 1.82) is 0 Å². The second-order valence-electron chi connectivity index (χ2n) is 13.2. The van der Waals surface area contributed by atoms with Gasteiger partial charge in [-0.2, -0.15) is 0 Å². The molecule has 41 heavy (non-hydrogen) atoms. The Morgan fingerprint density at radius 1 is 1.05 bits per heavy atom. The number of nitrogens with zero attached hydrogens (tertiary/aromatic N) is 2. The third kappa shape index (κ3) is 7.97. The second kappa shape index (κ2) is 13.6. The number of likely N-dealkylation sites (tertiary alicyclic amines) is 1. The topological polar surface area (TPSA) is 125 Å². The average molecular weight is 570 g/mol. The summed E-state index contributed by atoms with van der Waals surface area (Å²) in [4.78, 5) is 56.0. The van der Waals surface area contributed by atoms with Gasteiger partial charge in [0.2, 0.25) is 23.6 Å². The van der Waals surface area contributed by atoms with E-state index in [1.165, 1.54) is 4.90 Å². The molecule has 4 atom stereocenters. The molecule has 1 fully saturated rings. The van der Waals surface area contributed by atoms with E-state index < -0.39 is 40.9 Å². The van der Waals surface area contributed by atoms with Crippen molar-refractivity contribution in [3.63, 3.8) is 0 Å². The summed E-state index contributed by atoms with van der Waals surface area (Å²) >= 11 is 0. The maximum atomic E-state index is 14.1. The Kier molecular flexibility index (Phi) is 11.3. The maximum Gasteiger partial charge on any atom is 0.249 e. The molecule has 228 valence electrons. The van der Waals surface area contributed by atoms with Crippen LogP contribution in [0.4, 0.5) is 0 Å². The van der Waals surface area contributed by atoms with Crippen LogP contribution in [0.25, 0.3) is 0 Å². The van der Waals surface area contributed by atoms with Gasteiger partial charge < -0.3 is 26.2 Å². The molecule has 0 radical (unpaired) electrons. The minimum Gasteiger partial charge on any atom is -0.368 e. The molecule has 0 saturated carbocycles. The molecule has 2 rings (SSSR count). The molecule has 1 aliphatic heterocycles. The predicted octanol–water partition coefficient (Wildman–Crippen LogP) is 2.99. The Morgan fingerprint density at radius 2 is 1.63 bits per heavy atom. The zero-order chi connectivity index (χ0) is 31.3. The van der Waals surface area contributed by atoms with Gasteiger partial charge >= 0.3 is 0 Å². The first-order valence-corrected chi connectivity index (χ1v) is 14.5. The first-order chi connectivity index (χ1) is 18.9. The molecule has 4 N–H and O–H groups in total. The molecule has 0 aromatic heterocycles. The lowest BCUT2D eigenvalue weighted by Crippen LogP contribution is -2.61. The molecular weight excluding hydrogens is 518 g/mol. The zero-order valence-corrected chi connectivity index (χ0v) is 26.6. The summed E-state index contributed by atoms with van der Waals surface area (Å²) in [5, 5.41) is 6.22. The highest BCUT2D eigenvalue weighted by atomic mass is 16.2. The van der Waals surface area contributed by atoms with Crippen molar-refractivity contribution in [3.05, 3.63) is 47.5 Å². The highest BCUT2D eigenvalue weighted by molar-refractivity contribution is 5.97. The van der Waals surface area contributed by atoms with E-state index in [0.29, 0.717) is 18.5 Å². The Bertz CT molecular complexity index is 1120. The van der Waals surface area contributed by atoms with Crippen LogP contribution in [-0.2, 0) is 24.6 Å². The number of benzene rings is 1. The van der Waals surface area contributed by atoms with Gasteiger partial charge in [0.1, 0.15) is 12.1 Å². The van der Waals surface area contributed by atoms with E-state index in [2.05, 4.69) is 10.6 Å². The van der Waals surface area contributed by atoms with Crippen molar-refractivity contribution in [2.75, 3.05) is 20.6 Å². The van der Waals surface area contributed by atoms with Crippen LogP contribution in [0.3, 0.4) is 0 Å². The predicted molar refractivity (Wildman–Crippen MR) is 163 cm³/mol. The van der Waals surface area contributed by atoms with Crippen LogP contribution in [0, 0.1) is 11.3 Å². The number of carbonyl (C=O) groups is 4. The minimum atomic E-state index is -0.814. The van der Waals surface area contributed by atoms with Crippen molar-refractivity contribution in [1.82, 2.24) is 20.4 Å². The number of carbonyl (C=O) groups excluding carboxylic acids is 4. The molecule has 1 saturated heterocycles. The number of rotatable bonds is 11. The third-order valence-corrected chi connectivity index (χ3v) is 8.27. The molecule has 1 aromatic rings. The maximum absolute atomic E-state index is 14.1. The van der Waals surface area contributed by atoms with Crippen molar-refractivity contribution in [2.45, 2.75) is 97.8 Å². The molecule has 1 aliphatic rings. The first-order valence-electron chi connectivity index (χ1n) is 14.5. The van der Waals surface area contributed by atoms with Crippen molar-refractivity contribution >= 4 is 23.6 Å². The van der Waals surface area contributed by atoms with E-state index in [-0.39, 0.29) is 23.6 Å². The first kappa shape index (κ1) is 34.0. The quantitative estimate of drug-likeness (QED) is 0.354. The largest absolute Gasteiger partial charge is 0.368 e. The summed E-state index contributed by atoms with van der Waals surface area (Å²) in [7, 11) is 3.45. The molecule has 9 nitrogen and oxygen atoms in total. The molecule has 4 amide bonds. The normalized spacial score (nSPS) is 18.6. The third-order valence-electron chi connectivity index (χ3n) is 8.27. The summed E-state index contributed by atoms with van der Waals surface area (Å²) < 4.78 is 0. The van der Waals surface area contributed by atoms with Gasteiger partial charge in [-0.05, 0) is 43.7 Å². The van der Waals surface area contributed by atoms with Gasteiger partial charge in [-0.1, -0.05) is 84.9 Å². The van der Waals surface area contributed by atoms with Gasteiger partial charge in [-0.3, -0.25) is 19.2 Å². The number of likely N-dealkylation sites (N-methyl/N-ethyl adjacent to an activating group) is 2. The number of nitrogens with two attached hydrogens (primary N) is 1. The van der Waals surface area contributed by atoms with Crippen LogP contribution in [0.1, 0.15) is 73.8 Å². The Morgan fingerprint density at radius 3 is 2.12 bits per heavy atom. The van der Waals surface area contributed by atoms with Gasteiger partial charge in [0, 0.05) is 24.6 Å². The van der Waals surface area contributed by atoms with E-state index in [0.717, 1.165) is 12.0 Å². The second-order valence-corrected chi connectivity index (χ2v) is 13.2. The number of amides is 4. The minimum absolute atomic E-state index is 0.0180. The lowest BCUT2D eigenvalue weighted by Gasteiger charge is -2.40. The highest BCUT2D eigenvalue weighted by Gasteiger charge is 2.42. The van der Waals surface area contributed by atoms with Crippen LogP contribution >= 0.6 is 0 Å². The summed E-state index contributed by atoms with van der Waals surface area (Å²) in [6.07, 6.45) is 3.07. The standard InChI is InChI=1S/C32H51N5O4/c1-20(2)24(19-21(3)29(40)37-18-14-17-23(37)27(33)38)36(10)30(41)26(31(4,5)6)35-28(39)25(34-9)32(7,8)22-15-12-11-13-16-22/h11-13,15-16,19-20,23-26,34H,14,17-18H2,1-10H3,(H2,33,38)(H,35,39)/b21-19+/t23?,24-,25-,26-/m1/s1. The van der Waals surface area contributed by atoms with E-state index in [1.54, 1.807) is 32.0 Å². The van der Waals surface area contributed by atoms with Crippen LogP contribution in [0.5, 0.6) is 0 Å². The highest BCUT2D eigenvalue weighted by Crippen LogP contribution is 2.29. The van der Waals surface area contributed by atoms with Crippen LogP contribution in [0.2, 0.25) is 0 Å². The molecule has 1 heterocycles. The van der Waals surface area contributed by atoms with Gasteiger partial charge in [0.05, 0.1) is 12.1 Å². The van der Waals surface area contributed by atoms with Crippen LogP contribution < -0.4 is 16.4 Å². The van der Waals surface area contributed by atoms with Gasteiger partial charge in [0.15, 0.2) is 0 Å². The lowest BCUT2D eigenvalue weighted by atomic mass is 9.76. The van der Waals surface area contributed by atoms with Crippen LogP contribution in [-0.4, -0.2) is 78.2 Å². The van der Waals surface area contributed by atoms with E-state index in [4.69, 9.17) is 5.73 Å². The fraction of sp³-hybridized carbons (Fsp3) is 0.625. The van der Waals surface area contributed by atoms with E-state index >= 15 is 0 Å². The van der Waals surface area contributed by atoms with Crippen molar-refractivity contribution in [3.8, 4) is 0 Å². The monoisotopic (exact) mass is 569 g/mol. The summed E-state index contributed by atoms with van der Waals surface area (Å²) in [6.45, 7) is 15.9. The zero-order valence-electron chi connectivity index (χ0n) is 26.6. The van der Waals surface area contributed by atoms with Gasteiger partial charge in [0.25, 0.3) is 0 Å². The van der Waals surface area contributed by atoms with Gasteiger partial charge in [-0.15, -0.1) is 0 Å². The molecule has 9 heteroatoms. The molecule has 1 aromatic carbocycles. The van der Waals surface area contributed by atoms with E-state index in [1.807, 2.05) is 78.8 Å². The van der Waals surface area contributed by atoms with Crippen molar-refractivity contribution in [2.24, 2.45) is 17.1 Å². The van der Waals surface area contributed by atoms with E-state index in [9.17, 15) is 19.2 Å².